The van der Waals surface area contributed by atoms with Crippen LogP contribution in [0.15, 0.2) is 152 Å². The maximum absolute atomic E-state index is 4.30. The fourth-order valence-electron chi connectivity index (χ4n) is 4.99. The summed E-state index contributed by atoms with van der Waals surface area (Å²) in [6, 6.07) is 49.6. The zero-order chi connectivity index (χ0) is 24.2. The van der Waals surface area contributed by atoms with E-state index < -0.39 is 0 Å². The van der Waals surface area contributed by atoms with E-state index >= 15 is 0 Å². The second-order valence-electron chi connectivity index (χ2n) is 8.80. The molecule has 0 spiro atoms. The predicted octanol–water partition coefficient (Wildman–Crippen LogP) is 9.42. The first-order valence-corrected chi connectivity index (χ1v) is 12.2. The highest BCUT2D eigenvalue weighted by atomic mass is 14.6. The van der Waals surface area contributed by atoms with Crippen LogP contribution in [0.25, 0.3) is 55.6 Å². The first-order chi connectivity index (χ1) is 17.9. The van der Waals surface area contributed by atoms with Crippen molar-refractivity contribution in [3.8, 4) is 55.6 Å². The fourth-order valence-corrected chi connectivity index (χ4v) is 4.99. The molecule has 6 aromatic rings. The minimum atomic E-state index is 1.15. The molecule has 0 amide bonds. The lowest BCUT2D eigenvalue weighted by molar-refractivity contribution is 1.33. The van der Waals surface area contributed by atoms with Gasteiger partial charge in [0.2, 0.25) is 0 Å². The smallest absolute Gasteiger partial charge is 0.0273 e. The third-order valence-corrected chi connectivity index (χ3v) is 6.59. The van der Waals surface area contributed by atoms with Gasteiger partial charge in [-0.25, -0.2) is 0 Å². The van der Waals surface area contributed by atoms with Crippen LogP contribution in [-0.2, 0) is 0 Å². The maximum atomic E-state index is 4.30. The fraction of sp³-hybridized carbons (Fsp3) is 0. The van der Waals surface area contributed by atoms with Gasteiger partial charge in [-0.2, -0.15) is 0 Å². The Morgan fingerprint density at radius 1 is 0.306 bits per heavy atom. The van der Waals surface area contributed by atoms with Gasteiger partial charge in [-0.05, 0) is 73.8 Å². The van der Waals surface area contributed by atoms with Gasteiger partial charge < -0.3 is 0 Å². The summed E-state index contributed by atoms with van der Waals surface area (Å²) in [6.07, 6.45) is 3.75. The molecule has 5 aromatic carbocycles. The molecule has 0 saturated heterocycles. The van der Waals surface area contributed by atoms with Gasteiger partial charge in [-0.15, -0.1) is 0 Å². The summed E-state index contributed by atoms with van der Waals surface area (Å²) in [5.74, 6) is 0. The first-order valence-electron chi connectivity index (χ1n) is 12.2. The zero-order valence-corrected chi connectivity index (χ0v) is 19.9. The molecule has 0 unspecified atom stereocenters. The Labute approximate surface area is 212 Å². The normalized spacial score (nSPS) is 10.8. The minimum absolute atomic E-state index is 1.15. The summed E-state index contributed by atoms with van der Waals surface area (Å²) in [6.45, 7) is 0. The molecule has 170 valence electrons. The van der Waals surface area contributed by atoms with Gasteiger partial charge in [0.25, 0.3) is 0 Å². The molecule has 0 saturated carbocycles. The highest BCUT2D eigenvalue weighted by Crippen LogP contribution is 2.49. The van der Waals surface area contributed by atoms with Crippen LogP contribution >= 0.6 is 0 Å². The molecule has 0 atom stereocenters. The van der Waals surface area contributed by atoms with Gasteiger partial charge in [0.15, 0.2) is 0 Å². The van der Waals surface area contributed by atoms with Crippen LogP contribution < -0.4 is 0 Å². The van der Waals surface area contributed by atoms with Gasteiger partial charge in [0.1, 0.15) is 0 Å². The molecule has 1 heteroatoms. The summed E-state index contributed by atoms with van der Waals surface area (Å²) in [7, 11) is 0. The summed E-state index contributed by atoms with van der Waals surface area (Å²) >= 11 is 0. The Morgan fingerprint density at radius 2 is 0.639 bits per heavy atom. The van der Waals surface area contributed by atoms with E-state index in [4.69, 9.17) is 0 Å². The number of aromatic nitrogens is 1. The minimum Gasteiger partial charge on any atom is -0.265 e. The van der Waals surface area contributed by atoms with Crippen molar-refractivity contribution in [3.05, 3.63) is 152 Å². The summed E-state index contributed by atoms with van der Waals surface area (Å²) < 4.78 is 0. The van der Waals surface area contributed by atoms with Crippen molar-refractivity contribution in [1.82, 2.24) is 4.98 Å². The number of pyridine rings is 1. The van der Waals surface area contributed by atoms with Gasteiger partial charge in [-0.3, -0.25) is 4.98 Å². The molecule has 0 aliphatic rings. The lowest BCUT2D eigenvalue weighted by Crippen LogP contribution is -1.98. The molecule has 0 bridgehead atoms. The second kappa shape index (κ2) is 9.85. The van der Waals surface area contributed by atoms with Crippen molar-refractivity contribution in [1.29, 1.82) is 0 Å². The molecule has 0 aliphatic heterocycles. The number of nitrogens with zero attached hydrogens (tertiary/aromatic N) is 1. The molecule has 36 heavy (non-hydrogen) atoms. The number of hydrogen-bond donors (Lipinski definition) is 0. The molecule has 0 fully saturated rings. The number of benzene rings is 5. The van der Waals surface area contributed by atoms with Gasteiger partial charge in [-0.1, -0.05) is 121 Å². The average molecular weight is 460 g/mol. The third kappa shape index (κ3) is 4.12. The first kappa shape index (κ1) is 21.8. The van der Waals surface area contributed by atoms with Crippen LogP contribution in [0, 0.1) is 0 Å². The lowest BCUT2D eigenvalue weighted by Gasteiger charge is -2.24. The largest absolute Gasteiger partial charge is 0.265 e. The Balaban J connectivity index is 1.84. The molecular formula is C35H25N. The van der Waals surface area contributed by atoms with Crippen LogP contribution in [0.3, 0.4) is 0 Å². The SMILES string of the molecule is c1ccc(-c2cc(-c3ccncc3)c(-c3ccccc3)c(-c3ccccc3)c2-c2ccccc2)cc1. The maximum Gasteiger partial charge on any atom is 0.0273 e. The summed E-state index contributed by atoms with van der Waals surface area (Å²) in [5.41, 5.74) is 12.1. The Bertz CT molecular complexity index is 1470. The van der Waals surface area contributed by atoms with Gasteiger partial charge in [0, 0.05) is 12.4 Å². The van der Waals surface area contributed by atoms with E-state index in [9.17, 15) is 0 Å². The van der Waals surface area contributed by atoms with Crippen LogP contribution in [0.2, 0.25) is 0 Å². The molecule has 1 nitrogen and oxygen atoms in total. The lowest BCUT2D eigenvalue weighted by atomic mass is 9.79. The van der Waals surface area contributed by atoms with E-state index in [1.54, 1.807) is 0 Å². The highest BCUT2D eigenvalue weighted by Gasteiger charge is 2.23. The van der Waals surface area contributed by atoms with E-state index in [0.717, 1.165) is 5.56 Å². The molecule has 6 rings (SSSR count). The van der Waals surface area contributed by atoms with Crippen molar-refractivity contribution in [2.75, 3.05) is 0 Å². The second-order valence-corrected chi connectivity index (χ2v) is 8.80. The molecule has 1 heterocycles. The molecular weight excluding hydrogens is 434 g/mol. The average Bonchev–Trinajstić information content (AvgIpc) is 2.98. The third-order valence-electron chi connectivity index (χ3n) is 6.59. The molecule has 0 aliphatic carbocycles. The highest BCUT2D eigenvalue weighted by molar-refractivity contribution is 6.07. The van der Waals surface area contributed by atoms with Crippen LogP contribution in [0.5, 0.6) is 0 Å². The van der Waals surface area contributed by atoms with E-state index in [0.29, 0.717) is 0 Å². The van der Waals surface area contributed by atoms with E-state index in [2.05, 4.69) is 145 Å². The van der Waals surface area contributed by atoms with Crippen molar-refractivity contribution in [2.24, 2.45) is 0 Å². The summed E-state index contributed by atoms with van der Waals surface area (Å²) in [5, 5.41) is 0. The van der Waals surface area contributed by atoms with Crippen molar-refractivity contribution in [2.45, 2.75) is 0 Å². The topological polar surface area (TPSA) is 12.9 Å². The molecule has 1 aromatic heterocycles. The standard InChI is InChI=1S/C35H25N/c1-5-13-26(14-6-1)31-25-32(27-21-23-36-24-22-27)34(29-17-9-3-10-18-29)35(30-19-11-4-12-20-30)33(31)28-15-7-2-8-16-28/h1-25H. The zero-order valence-electron chi connectivity index (χ0n) is 19.9. The number of rotatable bonds is 5. The van der Waals surface area contributed by atoms with E-state index in [1.807, 2.05) is 12.4 Å². The van der Waals surface area contributed by atoms with Crippen LogP contribution in [0.1, 0.15) is 0 Å². The summed E-state index contributed by atoms with van der Waals surface area (Å²) in [4.78, 5) is 4.30. The quantitative estimate of drug-likeness (QED) is 0.250. The Kier molecular flexibility index (Phi) is 5.96. The van der Waals surface area contributed by atoms with Crippen LogP contribution in [0.4, 0.5) is 0 Å². The van der Waals surface area contributed by atoms with Crippen LogP contribution in [-0.4, -0.2) is 4.98 Å². The Hall–Kier alpha value is -4.75. The van der Waals surface area contributed by atoms with Crippen molar-refractivity contribution < 1.29 is 0 Å². The molecule has 0 radical (unpaired) electrons. The number of hydrogen-bond acceptors (Lipinski definition) is 1. The van der Waals surface area contributed by atoms with E-state index in [-0.39, 0.29) is 0 Å². The van der Waals surface area contributed by atoms with Crippen molar-refractivity contribution >= 4 is 0 Å². The van der Waals surface area contributed by atoms with E-state index in [1.165, 1.54) is 50.1 Å². The molecule has 0 N–H and O–H groups in total. The monoisotopic (exact) mass is 459 g/mol. The van der Waals surface area contributed by atoms with Crippen molar-refractivity contribution in [3.63, 3.8) is 0 Å². The van der Waals surface area contributed by atoms with Gasteiger partial charge in [0.05, 0.1) is 0 Å². The van der Waals surface area contributed by atoms with Gasteiger partial charge >= 0.3 is 0 Å². The predicted molar refractivity (Wildman–Crippen MR) is 151 cm³/mol. The Morgan fingerprint density at radius 3 is 1.06 bits per heavy atom.